The van der Waals surface area contributed by atoms with Gasteiger partial charge in [0.2, 0.25) is 10.0 Å². The van der Waals surface area contributed by atoms with E-state index in [9.17, 15) is 8.42 Å². The zero-order chi connectivity index (χ0) is 14.3. The van der Waals surface area contributed by atoms with E-state index in [1.165, 1.54) is 0 Å². The van der Waals surface area contributed by atoms with Gasteiger partial charge < -0.3 is 5.32 Å². The van der Waals surface area contributed by atoms with Crippen molar-refractivity contribution in [1.29, 1.82) is 0 Å². The molecule has 0 heterocycles. The van der Waals surface area contributed by atoms with Gasteiger partial charge in [-0.25, -0.2) is 13.1 Å². The number of hydrogen-bond donors (Lipinski definition) is 2. The van der Waals surface area contributed by atoms with Gasteiger partial charge in [-0.1, -0.05) is 45.4 Å². The molecule has 4 nitrogen and oxygen atoms in total. The lowest BCUT2D eigenvalue weighted by Crippen LogP contribution is -2.29. The Morgan fingerprint density at radius 1 is 1.21 bits per heavy atom. The molecule has 0 bridgehead atoms. The molecule has 0 amide bonds. The Morgan fingerprint density at radius 2 is 1.89 bits per heavy atom. The highest BCUT2D eigenvalue weighted by Gasteiger charge is 2.18. The van der Waals surface area contributed by atoms with Gasteiger partial charge in [0.05, 0.1) is 4.90 Å². The average molecular weight is 284 g/mol. The molecule has 0 aliphatic carbocycles. The summed E-state index contributed by atoms with van der Waals surface area (Å²) in [5.74, 6) is 0.343. The van der Waals surface area contributed by atoms with E-state index in [0.717, 1.165) is 18.5 Å². The molecular formula is C14H24N2O2S. The number of sulfonamides is 1. The lowest BCUT2D eigenvalue weighted by Gasteiger charge is -2.14. The van der Waals surface area contributed by atoms with Crippen LogP contribution in [0.25, 0.3) is 0 Å². The Labute approximate surface area is 116 Å². The second-order valence-electron chi connectivity index (χ2n) is 4.75. The summed E-state index contributed by atoms with van der Waals surface area (Å²) in [4.78, 5) is 0.374. The van der Waals surface area contributed by atoms with Gasteiger partial charge in [-0.15, -0.1) is 0 Å². The van der Waals surface area contributed by atoms with E-state index in [2.05, 4.69) is 17.0 Å². The van der Waals surface area contributed by atoms with Crippen LogP contribution in [0.4, 0.5) is 0 Å². The van der Waals surface area contributed by atoms with Crippen LogP contribution in [0.3, 0.4) is 0 Å². The molecule has 1 aromatic rings. The lowest BCUT2D eigenvalue weighted by atomic mass is 10.1. The Kier molecular flexibility index (Phi) is 6.48. The molecule has 0 fully saturated rings. The predicted molar refractivity (Wildman–Crippen MR) is 78.5 cm³/mol. The summed E-state index contributed by atoms with van der Waals surface area (Å²) in [6.45, 7) is 7.95. The van der Waals surface area contributed by atoms with E-state index in [1.807, 2.05) is 26.0 Å². The first-order valence-electron chi connectivity index (χ1n) is 6.79. The normalized spacial score (nSPS) is 13.4. The van der Waals surface area contributed by atoms with Gasteiger partial charge in [-0.2, -0.15) is 0 Å². The van der Waals surface area contributed by atoms with Gasteiger partial charge in [-0.3, -0.25) is 0 Å². The summed E-state index contributed by atoms with van der Waals surface area (Å²) >= 11 is 0. The second-order valence-corrected chi connectivity index (χ2v) is 6.49. The summed E-state index contributed by atoms with van der Waals surface area (Å²) in [6, 6.07) is 7.12. The summed E-state index contributed by atoms with van der Waals surface area (Å²) < 4.78 is 27.3. The van der Waals surface area contributed by atoms with Gasteiger partial charge in [0.15, 0.2) is 0 Å². The summed E-state index contributed by atoms with van der Waals surface area (Å²) in [5.41, 5.74) is 0.806. The van der Waals surface area contributed by atoms with Gasteiger partial charge in [-0.05, 0) is 24.1 Å². The monoisotopic (exact) mass is 284 g/mol. The van der Waals surface area contributed by atoms with Crippen molar-refractivity contribution in [2.45, 2.75) is 38.6 Å². The van der Waals surface area contributed by atoms with Crippen molar-refractivity contribution in [2.75, 3.05) is 13.1 Å². The topological polar surface area (TPSA) is 58.2 Å². The quantitative estimate of drug-likeness (QED) is 0.769. The van der Waals surface area contributed by atoms with Crippen molar-refractivity contribution in [3.05, 3.63) is 29.8 Å². The SMILES string of the molecule is CCNCc1ccccc1S(=O)(=O)NCC(C)CC. The molecule has 1 rings (SSSR count). The molecule has 5 heteroatoms. The molecule has 0 aliphatic rings. The third kappa shape index (κ3) is 4.93. The minimum Gasteiger partial charge on any atom is -0.313 e. The maximum Gasteiger partial charge on any atom is 0.240 e. The smallest absolute Gasteiger partial charge is 0.240 e. The highest BCUT2D eigenvalue weighted by Crippen LogP contribution is 2.15. The molecule has 108 valence electrons. The number of hydrogen-bond acceptors (Lipinski definition) is 3. The van der Waals surface area contributed by atoms with Gasteiger partial charge in [0.1, 0.15) is 0 Å². The van der Waals surface area contributed by atoms with Gasteiger partial charge in [0.25, 0.3) is 0 Å². The molecular weight excluding hydrogens is 260 g/mol. The van der Waals surface area contributed by atoms with Gasteiger partial charge in [0, 0.05) is 13.1 Å². The third-order valence-corrected chi connectivity index (χ3v) is 4.67. The zero-order valence-corrected chi connectivity index (χ0v) is 12.8. The fourth-order valence-electron chi connectivity index (χ4n) is 1.65. The number of nitrogens with one attached hydrogen (secondary N) is 2. The van der Waals surface area contributed by atoms with E-state index in [1.54, 1.807) is 12.1 Å². The Bertz CT molecular complexity index is 486. The Morgan fingerprint density at radius 3 is 2.53 bits per heavy atom. The van der Waals surface area contributed by atoms with Crippen LogP contribution in [-0.4, -0.2) is 21.5 Å². The van der Waals surface area contributed by atoms with E-state index in [0.29, 0.717) is 23.9 Å². The molecule has 0 aliphatic heterocycles. The number of rotatable bonds is 8. The molecule has 0 aromatic heterocycles. The highest BCUT2D eigenvalue weighted by atomic mass is 32.2. The lowest BCUT2D eigenvalue weighted by molar-refractivity contribution is 0.527. The molecule has 0 spiro atoms. The molecule has 0 saturated heterocycles. The molecule has 1 atom stereocenters. The highest BCUT2D eigenvalue weighted by molar-refractivity contribution is 7.89. The first kappa shape index (κ1) is 16.1. The fourth-order valence-corrected chi connectivity index (χ4v) is 3.05. The largest absolute Gasteiger partial charge is 0.313 e. The van der Waals surface area contributed by atoms with Crippen molar-refractivity contribution in [2.24, 2.45) is 5.92 Å². The minimum atomic E-state index is -3.42. The van der Waals surface area contributed by atoms with Crippen LogP contribution in [0, 0.1) is 5.92 Å². The molecule has 0 radical (unpaired) electrons. The van der Waals surface area contributed by atoms with Crippen molar-refractivity contribution in [1.82, 2.24) is 10.0 Å². The van der Waals surface area contributed by atoms with Crippen LogP contribution < -0.4 is 10.0 Å². The summed E-state index contributed by atoms with van der Waals surface area (Å²) in [7, 11) is -3.42. The standard InChI is InChI=1S/C14H24N2O2S/c1-4-12(3)10-16-19(17,18)14-9-7-6-8-13(14)11-15-5-2/h6-9,12,15-16H,4-5,10-11H2,1-3H3. The van der Waals surface area contributed by atoms with E-state index in [-0.39, 0.29) is 0 Å². The Balaban J connectivity index is 2.88. The van der Waals surface area contributed by atoms with Crippen molar-refractivity contribution < 1.29 is 8.42 Å². The zero-order valence-electron chi connectivity index (χ0n) is 11.9. The van der Waals surface area contributed by atoms with Crippen LogP contribution in [0.5, 0.6) is 0 Å². The van der Waals surface area contributed by atoms with Crippen molar-refractivity contribution >= 4 is 10.0 Å². The fraction of sp³-hybridized carbons (Fsp3) is 0.571. The maximum atomic E-state index is 12.3. The van der Waals surface area contributed by atoms with Crippen LogP contribution in [0.15, 0.2) is 29.2 Å². The predicted octanol–water partition coefficient (Wildman–Crippen LogP) is 2.12. The van der Waals surface area contributed by atoms with Crippen LogP contribution in [-0.2, 0) is 16.6 Å². The second kappa shape index (κ2) is 7.62. The average Bonchev–Trinajstić information content (AvgIpc) is 2.42. The number of benzene rings is 1. The van der Waals surface area contributed by atoms with E-state index >= 15 is 0 Å². The first-order valence-corrected chi connectivity index (χ1v) is 8.27. The molecule has 1 unspecified atom stereocenters. The van der Waals surface area contributed by atoms with Crippen molar-refractivity contribution in [3.63, 3.8) is 0 Å². The molecule has 19 heavy (non-hydrogen) atoms. The molecule has 1 aromatic carbocycles. The minimum absolute atomic E-state index is 0.343. The molecule has 0 saturated carbocycles. The first-order chi connectivity index (χ1) is 9.01. The summed E-state index contributed by atoms with van der Waals surface area (Å²) in [6.07, 6.45) is 0.960. The van der Waals surface area contributed by atoms with E-state index in [4.69, 9.17) is 0 Å². The van der Waals surface area contributed by atoms with Crippen LogP contribution >= 0.6 is 0 Å². The van der Waals surface area contributed by atoms with Crippen LogP contribution in [0.1, 0.15) is 32.8 Å². The van der Waals surface area contributed by atoms with Crippen molar-refractivity contribution in [3.8, 4) is 0 Å². The third-order valence-electron chi connectivity index (χ3n) is 3.15. The Hall–Kier alpha value is -0.910. The summed E-state index contributed by atoms with van der Waals surface area (Å²) in [5, 5.41) is 3.16. The molecule has 2 N–H and O–H groups in total. The maximum absolute atomic E-state index is 12.3. The van der Waals surface area contributed by atoms with Gasteiger partial charge >= 0.3 is 0 Å². The van der Waals surface area contributed by atoms with E-state index < -0.39 is 10.0 Å². The van der Waals surface area contributed by atoms with Crippen LogP contribution in [0.2, 0.25) is 0 Å².